The molecule has 1 amide bonds. The fraction of sp³-hybridized carbons (Fsp3) is 0.577. The van der Waals surface area contributed by atoms with Crippen LogP contribution in [0, 0.1) is 11.3 Å². The molecular weight excluding hydrogens is 404 g/mol. The molecule has 32 heavy (non-hydrogen) atoms. The van der Waals surface area contributed by atoms with Crippen molar-refractivity contribution in [2.24, 2.45) is 16.3 Å². The maximum atomic E-state index is 13.7. The van der Waals surface area contributed by atoms with Crippen LogP contribution in [0.1, 0.15) is 71.3 Å². The van der Waals surface area contributed by atoms with Gasteiger partial charge in [-0.2, -0.15) is 0 Å². The van der Waals surface area contributed by atoms with Gasteiger partial charge in [0.15, 0.2) is 11.5 Å². The lowest BCUT2D eigenvalue weighted by Gasteiger charge is -2.42. The highest BCUT2D eigenvalue weighted by Gasteiger charge is 2.48. The molecule has 1 aliphatic carbocycles. The average molecular weight is 439 g/mol. The molecule has 1 saturated carbocycles. The van der Waals surface area contributed by atoms with Crippen LogP contribution in [0.2, 0.25) is 0 Å². The number of rotatable bonds is 4. The molecule has 6 heteroatoms. The van der Waals surface area contributed by atoms with Gasteiger partial charge in [-0.25, -0.2) is 0 Å². The topological polar surface area (TPSA) is 79.2 Å². The maximum Gasteiger partial charge on any atom is 0.252 e. The van der Waals surface area contributed by atoms with E-state index in [-0.39, 0.29) is 22.9 Å². The standard InChI is InChI=1S/C26H34N2O4/c1-5-32-21-13-17(9-10-19(21)29)23-22(25(31)28-11-7-6-8-12-28)16(2)27-18-14-26(3,4)15-20(30)24(18)23/h9-10,13,23-24,29H,5-8,11-12,14-15H2,1-4H3/t23-,24?/m0/s1. The summed E-state index contributed by atoms with van der Waals surface area (Å²) in [5.41, 5.74) is 2.86. The van der Waals surface area contributed by atoms with Gasteiger partial charge in [-0.1, -0.05) is 19.9 Å². The van der Waals surface area contributed by atoms with Gasteiger partial charge in [-0.15, -0.1) is 0 Å². The maximum absolute atomic E-state index is 13.7. The fourth-order valence-electron chi connectivity index (χ4n) is 5.49. The molecule has 3 aliphatic rings. The summed E-state index contributed by atoms with van der Waals surface area (Å²) in [6, 6.07) is 5.20. The lowest BCUT2D eigenvalue weighted by Crippen LogP contribution is -2.46. The molecule has 0 aromatic heterocycles. The molecule has 4 rings (SSSR count). The molecule has 2 aliphatic heterocycles. The van der Waals surface area contributed by atoms with Gasteiger partial charge in [-0.3, -0.25) is 14.6 Å². The molecule has 172 valence electrons. The van der Waals surface area contributed by atoms with Gasteiger partial charge in [0, 0.05) is 42.4 Å². The first-order valence-electron chi connectivity index (χ1n) is 11.8. The first-order valence-corrected chi connectivity index (χ1v) is 11.8. The van der Waals surface area contributed by atoms with Crippen molar-refractivity contribution >= 4 is 17.4 Å². The molecule has 2 fully saturated rings. The Hall–Kier alpha value is -2.63. The average Bonchev–Trinajstić information content (AvgIpc) is 2.74. The molecule has 1 aromatic rings. The van der Waals surface area contributed by atoms with Gasteiger partial charge >= 0.3 is 0 Å². The number of carbonyl (C=O) groups excluding carboxylic acids is 2. The molecule has 2 heterocycles. The van der Waals surface area contributed by atoms with Crippen LogP contribution in [-0.2, 0) is 9.59 Å². The molecule has 1 N–H and O–H groups in total. The van der Waals surface area contributed by atoms with Crippen LogP contribution in [0.5, 0.6) is 11.5 Å². The number of hydrogen-bond acceptors (Lipinski definition) is 5. The van der Waals surface area contributed by atoms with Gasteiger partial charge in [0.05, 0.1) is 12.5 Å². The van der Waals surface area contributed by atoms with Crippen LogP contribution in [0.15, 0.2) is 34.5 Å². The number of Topliss-reactive ketones (excluding diaryl/α,β-unsaturated/α-hetero) is 1. The summed E-state index contributed by atoms with van der Waals surface area (Å²) in [5.74, 6) is -0.318. The number of phenols is 1. The van der Waals surface area contributed by atoms with Crippen molar-refractivity contribution in [3.63, 3.8) is 0 Å². The number of hydrogen-bond donors (Lipinski definition) is 1. The number of piperidine rings is 1. The second kappa shape index (κ2) is 8.72. The summed E-state index contributed by atoms with van der Waals surface area (Å²) >= 11 is 0. The summed E-state index contributed by atoms with van der Waals surface area (Å²) < 4.78 is 5.63. The van der Waals surface area contributed by atoms with Gasteiger partial charge < -0.3 is 14.7 Å². The van der Waals surface area contributed by atoms with E-state index in [2.05, 4.69) is 13.8 Å². The Balaban J connectivity index is 1.84. The summed E-state index contributed by atoms with van der Waals surface area (Å²) in [7, 11) is 0. The largest absolute Gasteiger partial charge is 0.504 e. The molecule has 1 aromatic carbocycles. The summed E-state index contributed by atoms with van der Waals surface area (Å²) in [5, 5.41) is 10.2. The second-order valence-corrected chi connectivity index (χ2v) is 10.1. The number of phenolic OH excluding ortho intramolecular Hbond substituents is 1. The lowest BCUT2D eigenvalue weighted by molar-refractivity contribution is -0.128. The number of nitrogens with zero attached hydrogens (tertiary/aromatic N) is 2. The van der Waals surface area contributed by atoms with Crippen molar-refractivity contribution in [1.82, 2.24) is 4.90 Å². The van der Waals surface area contributed by atoms with Crippen molar-refractivity contribution < 1.29 is 19.4 Å². The zero-order valence-electron chi connectivity index (χ0n) is 19.6. The van der Waals surface area contributed by atoms with Crippen LogP contribution in [0.3, 0.4) is 0 Å². The Kier molecular flexibility index (Phi) is 6.15. The third-order valence-corrected chi connectivity index (χ3v) is 6.88. The molecule has 1 saturated heterocycles. The second-order valence-electron chi connectivity index (χ2n) is 10.1. The van der Waals surface area contributed by atoms with E-state index in [1.54, 1.807) is 12.1 Å². The van der Waals surface area contributed by atoms with Crippen LogP contribution in [0.4, 0.5) is 0 Å². The predicted octanol–water partition coefficient (Wildman–Crippen LogP) is 4.62. The zero-order valence-corrected chi connectivity index (χ0v) is 19.6. The van der Waals surface area contributed by atoms with Gasteiger partial charge in [-0.05, 0) is 62.6 Å². The monoisotopic (exact) mass is 438 g/mol. The Labute approximate surface area is 190 Å². The van der Waals surface area contributed by atoms with E-state index in [0.29, 0.717) is 30.0 Å². The highest BCUT2D eigenvalue weighted by molar-refractivity contribution is 6.12. The van der Waals surface area contributed by atoms with Gasteiger partial charge in [0.25, 0.3) is 5.91 Å². The van der Waals surface area contributed by atoms with Crippen molar-refractivity contribution in [2.45, 2.75) is 65.7 Å². The SMILES string of the molecule is CCOc1cc([C@H]2C(C(=O)N3CCCCC3)=C(C)N=C3CC(C)(C)CC(=O)C32)ccc1O. The number of benzene rings is 1. The first-order chi connectivity index (χ1) is 15.2. The Morgan fingerprint density at radius 3 is 2.59 bits per heavy atom. The number of allylic oxidation sites excluding steroid dienone is 1. The van der Waals surface area contributed by atoms with Crippen LogP contribution in [-0.4, -0.2) is 47.1 Å². The van der Waals surface area contributed by atoms with E-state index >= 15 is 0 Å². The summed E-state index contributed by atoms with van der Waals surface area (Å²) in [6.45, 7) is 9.84. The first kappa shape index (κ1) is 22.6. The Morgan fingerprint density at radius 1 is 1.19 bits per heavy atom. The molecule has 0 spiro atoms. The number of carbonyl (C=O) groups is 2. The van der Waals surface area contributed by atoms with Crippen LogP contribution >= 0.6 is 0 Å². The van der Waals surface area contributed by atoms with Gasteiger partial charge in [0.2, 0.25) is 0 Å². The molecule has 0 radical (unpaired) electrons. The number of ketones is 1. The van der Waals surface area contributed by atoms with Crippen molar-refractivity contribution in [3.05, 3.63) is 35.0 Å². The highest BCUT2D eigenvalue weighted by Crippen LogP contribution is 2.48. The Bertz CT molecular complexity index is 986. The van der Waals surface area contributed by atoms with Crippen molar-refractivity contribution in [3.8, 4) is 11.5 Å². The van der Waals surface area contributed by atoms with Crippen molar-refractivity contribution in [1.29, 1.82) is 0 Å². The summed E-state index contributed by atoms with van der Waals surface area (Å²) in [4.78, 5) is 33.9. The minimum Gasteiger partial charge on any atom is -0.504 e. The van der Waals surface area contributed by atoms with Crippen LogP contribution in [0.25, 0.3) is 0 Å². The minimum atomic E-state index is -0.450. The third-order valence-electron chi connectivity index (χ3n) is 6.88. The normalized spacial score (nSPS) is 25.3. The third kappa shape index (κ3) is 4.19. The smallest absolute Gasteiger partial charge is 0.252 e. The van der Waals surface area contributed by atoms with E-state index in [4.69, 9.17) is 9.73 Å². The number of aliphatic imine (C=N–C) groups is 1. The molecule has 0 bridgehead atoms. The van der Waals surface area contributed by atoms with E-state index in [1.165, 1.54) is 0 Å². The quantitative estimate of drug-likeness (QED) is 0.744. The number of ether oxygens (including phenoxy) is 1. The fourth-order valence-corrected chi connectivity index (χ4v) is 5.49. The number of fused-ring (bicyclic) bond motifs is 1. The van der Waals surface area contributed by atoms with Crippen LogP contribution < -0.4 is 4.74 Å². The predicted molar refractivity (Wildman–Crippen MR) is 124 cm³/mol. The molecule has 2 atom stereocenters. The number of aromatic hydroxyl groups is 1. The number of likely N-dealkylation sites (tertiary alicyclic amines) is 1. The van der Waals surface area contributed by atoms with E-state index < -0.39 is 11.8 Å². The molecular formula is C26H34N2O4. The minimum absolute atomic E-state index is 0.0151. The molecule has 6 nitrogen and oxygen atoms in total. The van der Waals surface area contributed by atoms with E-state index in [1.807, 2.05) is 24.8 Å². The van der Waals surface area contributed by atoms with E-state index in [0.717, 1.165) is 50.0 Å². The lowest BCUT2D eigenvalue weighted by atomic mass is 9.63. The van der Waals surface area contributed by atoms with Gasteiger partial charge in [0.1, 0.15) is 5.78 Å². The zero-order chi connectivity index (χ0) is 23.0. The highest BCUT2D eigenvalue weighted by atomic mass is 16.5. The Morgan fingerprint density at radius 2 is 1.91 bits per heavy atom. The van der Waals surface area contributed by atoms with Crippen molar-refractivity contribution in [2.75, 3.05) is 19.7 Å². The van der Waals surface area contributed by atoms with E-state index in [9.17, 15) is 14.7 Å². The summed E-state index contributed by atoms with van der Waals surface area (Å²) in [6.07, 6.45) is 4.34. The number of amides is 1. The molecule has 1 unspecified atom stereocenters.